The van der Waals surface area contributed by atoms with E-state index < -0.39 is 75.2 Å². The highest BCUT2D eigenvalue weighted by Gasteiger charge is 2.51. The smallest absolute Gasteiger partial charge is 0.393 e. The molecular formula is C48H92NO12P. The molecule has 1 fully saturated rings. The van der Waals surface area contributed by atoms with Gasteiger partial charge in [0.2, 0.25) is 5.91 Å². The van der Waals surface area contributed by atoms with Crippen molar-refractivity contribution in [2.24, 2.45) is 0 Å². The van der Waals surface area contributed by atoms with Crippen molar-refractivity contribution in [3.8, 4) is 0 Å². The monoisotopic (exact) mass is 906 g/mol. The molecule has 0 heterocycles. The van der Waals surface area contributed by atoms with Gasteiger partial charge in [-0.3, -0.25) is 13.8 Å². The van der Waals surface area contributed by atoms with Crippen LogP contribution < -0.4 is 5.32 Å². The lowest BCUT2D eigenvalue weighted by Crippen LogP contribution is -2.64. The maximum Gasteiger partial charge on any atom is 0.472 e. The van der Waals surface area contributed by atoms with Crippen LogP contribution in [0.3, 0.4) is 0 Å². The predicted octanol–water partition coefficient (Wildman–Crippen LogP) is 8.76. The predicted molar refractivity (Wildman–Crippen MR) is 247 cm³/mol. The third kappa shape index (κ3) is 29.3. The van der Waals surface area contributed by atoms with Gasteiger partial charge in [0, 0.05) is 0 Å². The van der Waals surface area contributed by atoms with Crippen LogP contribution in [0.4, 0.5) is 0 Å². The van der Waals surface area contributed by atoms with Crippen molar-refractivity contribution < 1.29 is 59.0 Å². The topological polar surface area (TPSA) is 226 Å². The maximum atomic E-state index is 13.0. The highest BCUT2D eigenvalue weighted by atomic mass is 31.2. The number of rotatable bonds is 41. The van der Waals surface area contributed by atoms with E-state index in [4.69, 9.17) is 9.05 Å². The largest absolute Gasteiger partial charge is 0.472 e. The number of phosphoric ester groups is 1. The number of phosphoric acid groups is 1. The van der Waals surface area contributed by atoms with Crippen molar-refractivity contribution in [1.82, 2.24) is 5.32 Å². The Balaban J connectivity index is 2.52. The number of carbonyl (C=O) groups is 1. The Morgan fingerprint density at radius 1 is 0.565 bits per heavy atom. The first-order valence-corrected chi connectivity index (χ1v) is 26.4. The summed E-state index contributed by atoms with van der Waals surface area (Å²) in [6, 6.07) is -1.25. The molecule has 1 rings (SSSR count). The Morgan fingerprint density at radius 2 is 0.952 bits per heavy atom. The van der Waals surface area contributed by atoms with E-state index in [2.05, 4.69) is 31.3 Å². The van der Waals surface area contributed by atoms with Crippen LogP contribution in [0.2, 0.25) is 0 Å². The molecule has 0 saturated heterocycles. The molecular weight excluding hydrogens is 813 g/mol. The summed E-state index contributed by atoms with van der Waals surface area (Å²) >= 11 is 0. The quantitative estimate of drug-likeness (QED) is 0.0159. The van der Waals surface area contributed by atoms with E-state index in [1.807, 2.05) is 0 Å². The molecule has 0 aromatic carbocycles. The molecule has 14 heteroatoms. The third-order valence-corrected chi connectivity index (χ3v) is 13.0. The zero-order valence-electron chi connectivity index (χ0n) is 38.8. The minimum atomic E-state index is -5.15. The van der Waals surface area contributed by atoms with E-state index in [9.17, 15) is 50.0 Å². The number of unbranched alkanes of at least 4 members (excludes halogenated alkanes) is 26. The Kier molecular flexibility index (Phi) is 36.0. The lowest BCUT2D eigenvalue weighted by Gasteiger charge is -2.41. The van der Waals surface area contributed by atoms with E-state index in [1.54, 1.807) is 6.08 Å². The maximum absolute atomic E-state index is 13.0. The lowest BCUT2D eigenvalue weighted by molar-refractivity contribution is -0.220. The SMILES string of the molecule is CCCCCCCCCCCCCCCCC/C=C/CC/C=C/C(O)C(COP(=O)(O)OC1C(O)C(O)C(O)C(O)C1O)NC(=O)CC(O)CCCCCCCCCCCCC. The van der Waals surface area contributed by atoms with Crippen LogP contribution in [0.25, 0.3) is 0 Å². The Labute approximate surface area is 375 Å². The minimum absolute atomic E-state index is 0.249. The molecule has 0 aliphatic heterocycles. The van der Waals surface area contributed by atoms with E-state index >= 15 is 0 Å². The van der Waals surface area contributed by atoms with Gasteiger partial charge in [-0.15, -0.1) is 0 Å². The number of carbonyl (C=O) groups excluding carboxylic acids is 1. The van der Waals surface area contributed by atoms with Crippen LogP contribution in [-0.2, 0) is 18.4 Å². The molecule has 1 saturated carbocycles. The van der Waals surface area contributed by atoms with Gasteiger partial charge in [0.15, 0.2) is 0 Å². The third-order valence-electron chi connectivity index (χ3n) is 12.0. The zero-order valence-corrected chi connectivity index (χ0v) is 39.7. The molecule has 9 N–H and O–H groups in total. The van der Waals surface area contributed by atoms with Crippen molar-refractivity contribution in [1.29, 1.82) is 0 Å². The van der Waals surface area contributed by atoms with Gasteiger partial charge in [-0.2, -0.15) is 0 Å². The molecule has 366 valence electrons. The minimum Gasteiger partial charge on any atom is -0.393 e. The fraction of sp³-hybridized carbons (Fsp3) is 0.896. The summed E-state index contributed by atoms with van der Waals surface area (Å²) in [6.07, 6.45) is 28.5. The first-order valence-electron chi connectivity index (χ1n) is 24.9. The molecule has 62 heavy (non-hydrogen) atoms. The number of amides is 1. The number of nitrogens with one attached hydrogen (secondary N) is 1. The Morgan fingerprint density at radius 3 is 1.42 bits per heavy atom. The van der Waals surface area contributed by atoms with Crippen molar-refractivity contribution >= 4 is 13.7 Å². The molecule has 1 aliphatic rings. The second-order valence-electron chi connectivity index (χ2n) is 17.8. The van der Waals surface area contributed by atoms with Gasteiger partial charge in [-0.05, 0) is 32.1 Å². The average Bonchev–Trinajstić information content (AvgIpc) is 3.24. The standard InChI is InChI=1S/C48H92NO12P/c1-3-5-7-9-11-13-15-16-17-18-19-20-21-22-23-24-26-28-30-32-34-36-41(51)40(38-60-62(58,59)61-48-46(56)44(54)43(53)45(55)47(48)57)49-42(52)37-39(50)35-33-31-29-27-25-14-12-10-8-6-4-2/h26,28,34,36,39-41,43-48,50-51,53-57H,3-25,27,29-33,35,37-38H2,1-2H3,(H,49,52)(H,58,59)/b28-26+,36-34+. The van der Waals surface area contributed by atoms with E-state index in [0.717, 1.165) is 44.9 Å². The van der Waals surface area contributed by atoms with Gasteiger partial charge < -0.3 is 46.0 Å². The summed E-state index contributed by atoms with van der Waals surface area (Å²) in [4.78, 5) is 23.4. The summed E-state index contributed by atoms with van der Waals surface area (Å²) in [5.74, 6) is -0.601. The summed E-state index contributed by atoms with van der Waals surface area (Å²) in [6.45, 7) is 3.73. The van der Waals surface area contributed by atoms with E-state index in [0.29, 0.717) is 12.8 Å². The van der Waals surface area contributed by atoms with Crippen LogP contribution in [0.15, 0.2) is 24.3 Å². The molecule has 1 amide bonds. The van der Waals surface area contributed by atoms with Gasteiger partial charge in [-0.25, -0.2) is 4.57 Å². The summed E-state index contributed by atoms with van der Waals surface area (Å²) in [7, 11) is -5.15. The van der Waals surface area contributed by atoms with Crippen molar-refractivity contribution in [3.05, 3.63) is 24.3 Å². The van der Waals surface area contributed by atoms with E-state index in [-0.39, 0.29) is 6.42 Å². The molecule has 0 bridgehead atoms. The number of allylic oxidation sites excluding steroid dienone is 3. The first kappa shape index (κ1) is 58.8. The van der Waals surface area contributed by atoms with Crippen LogP contribution in [0.1, 0.15) is 213 Å². The van der Waals surface area contributed by atoms with Gasteiger partial charge in [0.1, 0.15) is 36.6 Å². The zero-order chi connectivity index (χ0) is 45.9. The van der Waals surface area contributed by atoms with Gasteiger partial charge >= 0.3 is 7.82 Å². The molecule has 0 aromatic rings. The lowest BCUT2D eigenvalue weighted by atomic mass is 9.85. The highest BCUT2D eigenvalue weighted by Crippen LogP contribution is 2.47. The molecule has 8 atom stereocenters. The molecule has 1 aliphatic carbocycles. The number of hydrogen-bond acceptors (Lipinski definition) is 11. The molecule has 13 nitrogen and oxygen atoms in total. The van der Waals surface area contributed by atoms with Crippen LogP contribution in [0, 0.1) is 0 Å². The Bertz CT molecular complexity index is 1160. The highest BCUT2D eigenvalue weighted by molar-refractivity contribution is 7.47. The fourth-order valence-corrected chi connectivity index (χ4v) is 8.93. The second kappa shape index (κ2) is 37.9. The summed E-state index contributed by atoms with van der Waals surface area (Å²) < 4.78 is 22.9. The van der Waals surface area contributed by atoms with Crippen LogP contribution in [0.5, 0.6) is 0 Å². The molecule has 0 aromatic heterocycles. The van der Waals surface area contributed by atoms with Gasteiger partial charge in [-0.1, -0.05) is 199 Å². The number of aliphatic hydroxyl groups is 7. The summed E-state index contributed by atoms with van der Waals surface area (Å²) in [5.41, 5.74) is 0. The molecule has 0 radical (unpaired) electrons. The Hall–Kier alpha value is -1.22. The average molecular weight is 906 g/mol. The normalized spacial score (nSPS) is 23.2. The second-order valence-corrected chi connectivity index (χ2v) is 19.3. The van der Waals surface area contributed by atoms with Crippen molar-refractivity contribution in [2.45, 2.75) is 268 Å². The number of hydrogen-bond donors (Lipinski definition) is 9. The van der Waals surface area contributed by atoms with Crippen molar-refractivity contribution in [2.75, 3.05) is 6.61 Å². The van der Waals surface area contributed by atoms with Crippen LogP contribution in [-0.4, -0.2) is 108 Å². The summed E-state index contributed by atoms with van der Waals surface area (Å²) in [5, 5.41) is 74.5. The van der Waals surface area contributed by atoms with E-state index in [1.165, 1.54) is 141 Å². The molecule has 8 unspecified atom stereocenters. The van der Waals surface area contributed by atoms with Gasteiger partial charge in [0.05, 0.1) is 31.3 Å². The van der Waals surface area contributed by atoms with Crippen molar-refractivity contribution in [3.63, 3.8) is 0 Å². The van der Waals surface area contributed by atoms with Crippen LogP contribution >= 0.6 is 7.82 Å². The number of aliphatic hydroxyl groups excluding tert-OH is 7. The molecule has 0 spiro atoms. The van der Waals surface area contributed by atoms with Gasteiger partial charge in [0.25, 0.3) is 0 Å². The first-order chi connectivity index (χ1) is 29.8. The fourth-order valence-electron chi connectivity index (χ4n) is 7.96.